The first-order valence-corrected chi connectivity index (χ1v) is 8.31. The number of nitrogens with two attached hydrogens (primary N) is 1. The van der Waals surface area contributed by atoms with E-state index in [-0.39, 0.29) is 11.3 Å². The molecule has 2 aliphatic heterocycles. The molecule has 4 nitrogen and oxygen atoms in total. The summed E-state index contributed by atoms with van der Waals surface area (Å²) in [5, 5.41) is 3.18. The molecule has 20 heavy (non-hydrogen) atoms. The third kappa shape index (κ3) is 2.73. The summed E-state index contributed by atoms with van der Waals surface area (Å²) in [6.45, 7) is 1.54. The molecule has 3 aliphatic rings. The zero-order valence-electron chi connectivity index (χ0n) is 12.7. The lowest BCUT2D eigenvalue weighted by molar-refractivity contribution is -0.125. The molecule has 2 unspecified atom stereocenters. The van der Waals surface area contributed by atoms with Crippen molar-refractivity contribution < 1.29 is 4.79 Å². The van der Waals surface area contributed by atoms with Gasteiger partial charge in [-0.3, -0.25) is 4.79 Å². The Balaban J connectivity index is 1.42. The van der Waals surface area contributed by atoms with E-state index < -0.39 is 0 Å². The van der Waals surface area contributed by atoms with Crippen LogP contribution in [0.1, 0.15) is 51.4 Å². The molecule has 0 radical (unpaired) electrons. The van der Waals surface area contributed by atoms with Gasteiger partial charge >= 0.3 is 0 Å². The molecule has 3 rings (SSSR count). The van der Waals surface area contributed by atoms with E-state index in [4.69, 9.17) is 5.73 Å². The Morgan fingerprint density at radius 2 is 1.95 bits per heavy atom. The predicted molar refractivity (Wildman–Crippen MR) is 80.3 cm³/mol. The molecule has 2 saturated heterocycles. The Hall–Kier alpha value is -0.610. The maximum Gasteiger partial charge on any atom is 0.220 e. The summed E-state index contributed by atoms with van der Waals surface area (Å²) < 4.78 is 0. The van der Waals surface area contributed by atoms with E-state index in [9.17, 15) is 4.79 Å². The van der Waals surface area contributed by atoms with E-state index in [2.05, 4.69) is 17.3 Å². The van der Waals surface area contributed by atoms with Gasteiger partial charge in [-0.25, -0.2) is 0 Å². The van der Waals surface area contributed by atoms with Crippen LogP contribution < -0.4 is 11.1 Å². The summed E-state index contributed by atoms with van der Waals surface area (Å²) in [7, 11) is 2.26. The maximum absolute atomic E-state index is 12.1. The fraction of sp³-hybridized carbons (Fsp3) is 0.938. The molecule has 0 aromatic carbocycles. The van der Waals surface area contributed by atoms with Gasteiger partial charge in [-0.1, -0.05) is 6.42 Å². The highest BCUT2D eigenvalue weighted by Gasteiger charge is 2.39. The van der Waals surface area contributed by atoms with Crippen molar-refractivity contribution in [3.8, 4) is 0 Å². The van der Waals surface area contributed by atoms with E-state index in [1.807, 2.05) is 0 Å². The third-order valence-electron chi connectivity index (χ3n) is 6.17. The van der Waals surface area contributed by atoms with Crippen LogP contribution >= 0.6 is 0 Å². The van der Waals surface area contributed by atoms with Gasteiger partial charge in [0.1, 0.15) is 0 Å². The van der Waals surface area contributed by atoms with Crippen LogP contribution in [0.3, 0.4) is 0 Å². The van der Waals surface area contributed by atoms with Crippen LogP contribution in [0.4, 0.5) is 0 Å². The van der Waals surface area contributed by atoms with Gasteiger partial charge in [0.2, 0.25) is 5.91 Å². The minimum absolute atomic E-state index is 0.135. The summed E-state index contributed by atoms with van der Waals surface area (Å²) in [5.41, 5.74) is 5.97. The molecule has 0 spiro atoms. The summed E-state index contributed by atoms with van der Waals surface area (Å²) in [6.07, 6.45) is 9.37. The highest BCUT2D eigenvalue weighted by molar-refractivity contribution is 5.76. The molecule has 2 heterocycles. The van der Waals surface area contributed by atoms with Crippen molar-refractivity contribution in [2.75, 3.05) is 20.1 Å². The van der Waals surface area contributed by atoms with Gasteiger partial charge in [0.05, 0.1) is 0 Å². The highest BCUT2D eigenvalue weighted by Crippen LogP contribution is 2.43. The molecule has 3 N–H and O–H groups in total. The van der Waals surface area contributed by atoms with Gasteiger partial charge in [0.15, 0.2) is 0 Å². The average molecular weight is 279 g/mol. The molecule has 114 valence electrons. The lowest BCUT2D eigenvalue weighted by atomic mass is 9.66. The van der Waals surface area contributed by atoms with Crippen LogP contribution in [-0.2, 0) is 4.79 Å². The minimum Gasteiger partial charge on any atom is -0.356 e. The first-order valence-electron chi connectivity index (χ1n) is 8.31. The van der Waals surface area contributed by atoms with Gasteiger partial charge in [-0.05, 0) is 63.5 Å². The number of hydrogen-bond donors (Lipinski definition) is 2. The van der Waals surface area contributed by atoms with Gasteiger partial charge in [-0.15, -0.1) is 0 Å². The second-order valence-corrected chi connectivity index (χ2v) is 7.43. The Labute approximate surface area is 122 Å². The Kier molecular flexibility index (Phi) is 4.04. The lowest BCUT2D eigenvalue weighted by Gasteiger charge is -2.40. The number of carbonyl (C=O) groups excluding carboxylic acids is 1. The lowest BCUT2D eigenvalue weighted by Crippen LogP contribution is -2.45. The average Bonchev–Trinajstić information content (AvgIpc) is 2.64. The molecule has 4 heteroatoms. The maximum atomic E-state index is 12.1. The minimum atomic E-state index is 0.135. The highest BCUT2D eigenvalue weighted by atomic mass is 16.1. The van der Waals surface area contributed by atoms with E-state index >= 15 is 0 Å². The fourth-order valence-corrected chi connectivity index (χ4v) is 4.48. The summed E-state index contributed by atoms with van der Waals surface area (Å²) in [5.74, 6) is 0.907. The standard InChI is InChI=1S/C16H29N3O/c1-19-13-3-4-14(19)8-12(7-13)10-18-15(20)9-16(11-17)5-2-6-16/h12-14H,2-11,17H2,1H3,(H,18,20). The first-order chi connectivity index (χ1) is 9.62. The normalized spacial score (nSPS) is 35.6. The molecule has 0 aromatic heterocycles. The monoisotopic (exact) mass is 279 g/mol. The van der Waals surface area contributed by atoms with E-state index in [1.54, 1.807) is 0 Å². The van der Waals surface area contributed by atoms with Crippen LogP contribution in [0, 0.1) is 11.3 Å². The second kappa shape index (κ2) is 5.64. The number of nitrogens with one attached hydrogen (secondary N) is 1. The molecule has 2 bridgehead atoms. The van der Waals surface area contributed by atoms with Crippen LogP contribution in [0.15, 0.2) is 0 Å². The Morgan fingerprint density at radius 3 is 2.45 bits per heavy atom. The van der Waals surface area contributed by atoms with E-state index in [1.165, 1.54) is 32.1 Å². The number of fused-ring (bicyclic) bond motifs is 2. The number of rotatable bonds is 5. The summed E-state index contributed by atoms with van der Waals surface area (Å²) in [6, 6.07) is 1.52. The van der Waals surface area contributed by atoms with Gasteiger partial charge in [-0.2, -0.15) is 0 Å². The molecule has 1 saturated carbocycles. The Bertz CT molecular complexity index is 347. The van der Waals surface area contributed by atoms with Crippen molar-refractivity contribution in [2.24, 2.45) is 17.1 Å². The number of piperidine rings is 1. The van der Waals surface area contributed by atoms with Crippen LogP contribution in [0.5, 0.6) is 0 Å². The van der Waals surface area contributed by atoms with Gasteiger partial charge in [0.25, 0.3) is 0 Å². The second-order valence-electron chi connectivity index (χ2n) is 7.43. The molecule has 1 amide bonds. The van der Waals surface area contributed by atoms with Crippen molar-refractivity contribution in [1.82, 2.24) is 10.2 Å². The molecule has 3 fully saturated rings. The molecule has 2 atom stereocenters. The molecular formula is C16H29N3O. The quantitative estimate of drug-likeness (QED) is 0.802. The van der Waals surface area contributed by atoms with Crippen molar-refractivity contribution >= 4 is 5.91 Å². The number of nitrogens with zero attached hydrogens (tertiary/aromatic N) is 1. The number of carbonyl (C=O) groups is 1. The van der Waals surface area contributed by atoms with Crippen molar-refractivity contribution in [2.45, 2.75) is 63.5 Å². The zero-order chi connectivity index (χ0) is 14.2. The van der Waals surface area contributed by atoms with Crippen molar-refractivity contribution in [1.29, 1.82) is 0 Å². The van der Waals surface area contributed by atoms with Crippen LogP contribution in [-0.4, -0.2) is 43.0 Å². The Morgan fingerprint density at radius 1 is 1.30 bits per heavy atom. The summed E-state index contributed by atoms with van der Waals surface area (Å²) in [4.78, 5) is 14.7. The topological polar surface area (TPSA) is 58.4 Å². The first kappa shape index (κ1) is 14.3. The van der Waals surface area contributed by atoms with Crippen molar-refractivity contribution in [3.05, 3.63) is 0 Å². The molecular weight excluding hydrogens is 250 g/mol. The smallest absolute Gasteiger partial charge is 0.220 e. The molecule has 1 aliphatic carbocycles. The van der Waals surface area contributed by atoms with E-state index in [0.29, 0.717) is 18.9 Å². The SMILES string of the molecule is CN1C2CCC1CC(CNC(=O)CC1(CN)CCC1)C2. The van der Waals surface area contributed by atoms with Crippen LogP contribution in [0.25, 0.3) is 0 Å². The zero-order valence-corrected chi connectivity index (χ0v) is 12.7. The van der Waals surface area contributed by atoms with Gasteiger partial charge in [0, 0.05) is 25.0 Å². The molecule has 0 aromatic rings. The number of amides is 1. The number of hydrogen-bond acceptors (Lipinski definition) is 3. The summed E-state index contributed by atoms with van der Waals surface area (Å²) >= 11 is 0. The van der Waals surface area contributed by atoms with Crippen molar-refractivity contribution in [3.63, 3.8) is 0 Å². The largest absolute Gasteiger partial charge is 0.356 e. The van der Waals surface area contributed by atoms with Gasteiger partial charge < -0.3 is 16.0 Å². The van der Waals surface area contributed by atoms with E-state index in [0.717, 1.165) is 31.5 Å². The van der Waals surface area contributed by atoms with Crippen LogP contribution in [0.2, 0.25) is 0 Å². The fourth-order valence-electron chi connectivity index (χ4n) is 4.48. The predicted octanol–water partition coefficient (Wildman–Crippen LogP) is 1.49. The third-order valence-corrected chi connectivity index (χ3v) is 6.17.